The van der Waals surface area contributed by atoms with Gasteiger partial charge in [0.1, 0.15) is 35.7 Å². The van der Waals surface area contributed by atoms with Crippen LogP contribution in [0.2, 0.25) is 0 Å². The Kier molecular flexibility index (Phi) is 10.8. The van der Waals surface area contributed by atoms with Crippen molar-refractivity contribution >= 4 is 41.2 Å². The molecule has 6 N–H and O–H groups in total. The number of aliphatic hydroxyl groups is 3. The largest absolute Gasteiger partial charge is 0.444 e. The summed E-state index contributed by atoms with van der Waals surface area (Å²) in [5, 5.41) is 32.6. The monoisotopic (exact) mass is 652 g/mol. The summed E-state index contributed by atoms with van der Waals surface area (Å²) in [7, 11) is 0. The number of hydrogen-bond acceptors (Lipinski definition) is 13. The number of alkyl carbamates (subject to hydrolysis) is 1. The Morgan fingerprint density at radius 1 is 1.13 bits per heavy atom. The Bertz CT molecular complexity index is 1540. The highest BCUT2D eigenvalue weighted by Gasteiger charge is 2.44. The third-order valence-corrected chi connectivity index (χ3v) is 6.55. The summed E-state index contributed by atoms with van der Waals surface area (Å²) in [4.78, 5) is 66.9. The first-order valence-corrected chi connectivity index (χ1v) is 14.7. The van der Waals surface area contributed by atoms with Crippen LogP contribution >= 0.6 is 0 Å². The number of amides is 3. The van der Waals surface area contributed by atoms with Gasteiger partial charge in [-0.15, -0.1) is 0 Å². The van der Waals surface area contributed by atoms with E-state index in [1.54, 1.807) is 62.3 Å². The number of hydrogen-bond donors (Lipinski definition) is 5. The summed E-state index contributed by atoms with van der Waals surface area (Å²) >= 11 is 0. The van der Waals surface area contributed by atoms with E-state index in [4.69, 9.17) is 19.9 Å². The van der Waals surface area contributed by atoms with E-state index in [0.29, 0.717) is 0 Å². The highest BCUT2D eigenvalue weighted by Crippen LogP contribution is 2.31. The minimum atomic E-state index is -1.50. The number of aliphatic imine (C=N–C) groups is 1. The number of nitrogen functional groups attached to an aromatic ring is 1. The minimum Gasteiger partial charge on any atom is -0.444 e. The van der Waals surface area contributed by atoms with Crippen molar-refractivity contribution in [3.63, 3.8) is 0 Å². The Balaban J connectivity index is 2.23. The summed E-state index contributed by atoms with van der Waals surface area (Å²) in [6, 6.07) is 0. The second-order valence-corrected chi connectivity index (χ2v) is 13.0. The van der Waals surface area contributed by atoms with Crippen molar-refractivity contribution in [1.82, 2.24) is 29.3 Å². The quantitative estimate of drug-likeness (QED) is 0.216. The van der Waals surface area contributed by atoms with Gasteiger partial charge >= 0.3 is 12.2 Å². The van der Waals surface area contributed by atoms with E-state index in [2.05, 4.69) is 20.3 Å². The average Bonchev–Trinajstić information content (AvgIpc) is 3.45. The number of guanidine groups is 1. The topological polar surface area (TPSA) is 246 Å². The van der Waals surface area contributed by atoms with Gasteiger partial charge in [-0.25, -0.2) is 19.5 Å². The normalized spacial score (nSPS) is 21.4. The first-order valence-electron chi connectivity index (χ1n) is 14.7. The predicted octanol–water partition coefficient (Wildman–Crippen LogP) is 0.996. The second-order valence-electron chi connectivity index (χ2n) is 13.0. The van der Waals surface area contributed by atoms with Gasteiger partial charge in [0.2, 0.25) is 11.9 Å². The van der Waals surface area contributed by atoms with Crippen molar-refractivity contribution in [3.05, 3.63) is 16.7 Å². The fraction of sp³-hybridized carbons (Fsp3) is 0.679. The molecule has 2 aromatic heterocycles. The summed E-state index contributed by atoms with van der Waals surface area (Å²) in [5.41, 5.74) is 3.07. The third kappa shape index (κ3) is 7.98. The van der Waals surface area contributed by atoms with Crippen molar-refractivity contribution in [2.75, 3.05) is 12.3 Å². The standard InChI is InChI=1S/C28H44N8O10/c1-10-15(35-21(41)16-19(31-23(35)29)34(12-30-16)22-18(39)17(38)14(11-37)44-22)36(26(43)46-28(7,8)9)24(32-20(40)13(2)3)33-25(42)45-27(4,5)6/h12-15,17-18,22,37-39H,10-11H2,1-9H3,(H2,29,31)(H,32,33,40,42)/t14-,15?,17-,18-,22-/m1/s1. The van der Waals surface area contributed by atoms with Crippen LogP contribution in [-0.2, 0) is 19.0 Å². The molecule has 256 valence electrons. The number of rotatable bonds is 6. The van der Waals surface area contributed by atoms with Crippen molar-refractivity contribution in [3.8, 4) is 0 Å². The molecule has 0 saturated carbocycles. The van der Waals surface area contributed by atoms with E-state index < -0.39 is 90.0 Å². The molecule has 1 unspecified atom stereocenters. The van der Waals surface area contributed by atoms with Crippen LogP contribution in [0.1, 0.15) is 81.1 Å². The number of aromatic nitrogens is 4. The van der Waals surface area contributed by atoms with E-state index in [9.17, 15) is 34.5 Å². The zero-order chi connectivity index (χ0) is 34.9. The molecule has 3 heterocycles. The summed E-state index contributed by atoms with van der Waals surface area (Å²) in [5.74, 6) is -2.38. The van der Waals surface area contributed by atoms with Crippen LogP contribution in [0.25, 0.3) is 11.2 Å². The predicted molar refractivity (Wildman–Crippen MR) is 163 cm³/mol. The molecule has 3 amide bonds. The van der Waals surface area contributed by atoms with Crippen LogP contribution in [0.4, 0.5) is 15.5 Å². The highest BCUT2D eigenvalue weighted by atomic mass is 16.6. The number of imidazole rings is 1. The molecule has 1 aliphatic rings. The van der Waals surface area contributed by atoms with Crippen LogP contribution in [-0.4, -0.2) is 99.5 Å². The number of aliphatic hydroxyl groups excluding tert-OH is 3. The van der Waals surface area contributed by atoms with E-state index in [1.165, 1.54) is 4.57 Å². The number of carbonyl (C=O) groups is 3. The number of nitrogens with zero attached hydrogens (tertiary/aromatic N) is 6. The second kappa shape index (κ2) is 13.7. The lowest BCUT2D eigenvalue weighted by molar-refractivity contribution is -0.120. The van der Waals surface area contributed by atoms with Crippen molar-refractivity contribution in [2.45, 2.75) is 111 Å². The molecule has 0 aliphatic carbocycles. The van der Waals surface area contributed by atoms with Gasteiger partial charge in [-0.1, -0.05) is 20.8 Å². The number of nitrogens with one attached hydrogen (secondary N) is 1. The van der Waals surface area contributed by atoms with E-state index in [0.717, 1.165) is 15.8 Å². The molecular formula is C28H44N8O10. The van der Waals surface area contributed by atoms with Crippen LogP contribution in [0, 0.1) is 5.92 Å². The maximum atomic E-state index is 14.0. The zero-order valence-electron chi connectivity index (χ0n) is 27.4. The Morgan fingerprint density at radius 3 is 2.24 bits per heavy atom. The highest BCUT2D eigenvalue weighted by molar-refractivity contribution is 6.06. The summed E-state index contributed by atoms with van der Waals surface area (Å²) in [6.07, 6.45) is -7.71. The first kappa shape index (κ1) is 36.3. The number of fused-ring (bicyclic) bond motifs is 1. The molecular weight excluding hydrogens is 608 g/mol. The third-order valence-electron chi connectivity index (χ3n) is 6.55. The molecule has 0 bridgehead atoms. The first-order chi connectivity index (χ1) is 21.2. The molecule has 46 heavy (non-hydrogen) atoms. The molecule has 18 nitrogen and oxygen atoms in total. The average molecular weight is 653 g/mol. The SMILES string of the molecule is CCC(N(C(=O)OC(C)(C)C)/C(=N\C(=O)C(C)C)NC(=O)OC(C)(C)C)n1c(N)nc2c(ncn2[C@@H]2O[C@H](CO)[C@@H](O)[C@H]2O)c1=O. The van der Waals surface area contributed by atoms with Crippen LogP contribution in [0.3, 0.4) is 0 Å². The van der Waals surface area contributed by atoms with Gasteiger partial charge in [-0.2, -0.15) is 9.98 Å². The lowest BCUT2D eigenvalue weighted by atomic mass is 10.1. The maximum absolute atomic E-state index is 14.0. The molecule has 0 spiro atoms. The van der Waals surface area contributed by atoms with Crippen LogP contribution in [0.5, 0.6) is 0 Å². The van der Waals surface area contributed by atoms with Crippen molar-refractivity contribution in [1.29, 1.82) is 0 Å². The van der Waals surface area contributed by atoms with Gasteiger partial charge in [0.05, 0.1) is 12.9 Å². The number of anilines is 1. The van der Waals surface area contributed by atoms with Crippen LogP contribution in [0.15, 0.2) is 16.1 Å². The Hall–Kier alpha value is -4.13. The van der Waals surface area contributed by atoms with Crippen LogP contribution < -0.4 is 16.6 Å². The molecule has 5 atom stereocenters. The molecule has 0 aromatic carbocycles. The Morgan fingerprint density at radius 2 is 1.74 bits per heavy atom. The number of nitrogens with two attached hydrogens (primary N) is 1. The summed E-state index contributed by atoms with van der Waals surface area (Å²) < 4.78 is 18.6. The molecule has 0 radical (unpaired) electrons. The maximum Gasteiger partial charge on any atom is 0.418 e. The molecule has 1 fully saturated rings. The lowest BCUT2D eigenvalue weighted by Gasteiger charge is -2.34. The number of ether oxygens (including phenoxy) is 3. The van der Waals surface area contributed by atoms with E-state index >= 15 is 0 Å². The van der Waals surface area contributed by atoms with Gasteiger partial charge in [0.15, 0.2) is 17.4 Å². The molecule has 1 saturated heterocycles. The fourth-order valence-corrected chi connectivity index (χ4v) is 4.49. The van der Waals surface area contributed by atoms with Crippen molar-refractivity contribution < 1.29 is 43.9 Å². The van der Waals surface area contributed by atoms with E-state index in [1.807, 2.05) is 0 Å². The van der Waals surface area contributed by atoms with Gasteiger partial charge in [0, 0.05) is 5.92 Å². The molecule has 18 heteroatoms. The zero-order valence-corrected chi connectivity index (χ0v) is 27.4. The smallest absolute Gasteiger partial charge is 0.418 e. The van der Waals surface area contributed by atoms with Gasteiger partial charge in [-0.05, 0) is 48.0 Å². The van der Waals surface area contributed by atoms with Gasteiger partial charge in [-0.3, -0.25) is 24.0 Å². The molecule has 3 rings (SSSR count). The minimum absolute atomic E-state index is 0.0447. The fourth-order valence-electron chi connectivity index (χ4n) is 4.49. The lowest BCUT2D eigenvalue weighted by Crippen LogP contribution is -2.54. The van der Waals surface area contributed by atoms with E-state index in [-0.39, 0.29) is 17.6 Å². The summed E-state index contributed by atoms with van der Waals surface area (Å²) in [6.45, 7) is 13.8. The van der Waals surface area contributed by atoms with Crippen molar-refractivity contribution in [2.24, 2.45) is 10.9 Å². The Labute approximate surface area is 265 Å². The van der Waals surface area contributed by atoms with Gasteiger partial charge < -0.3 is 35.3 Å². The molecule has 1 aliphatic heterocycles. The molecule has 2 aromatic rings. The number of carbonyl (C=O) groups excluding carboxylic acids is 3. The van der Waals surface area contributed by atoms with Gasteiger partial charge in [0.25, 0.3) is 11.5 Å².